The van der Waals surface area contributed by atoms with Crippen LogP contribution in [-0.4, -0.2) is 191 Å². The molecule has 0 aliphatic heterocycles. The summed E-state index contributed by atoms with van der Waals surface area (Å²) in [6.07, 6.45) is 0.770. The van der Waals surface area contributed by atoms with Crippen LogP contribution >= 0.6 is 0 Å². The molecule has 0 aliphatic rings. The van der Waals surface area contributed by atoms with Crippen molar-refractivity contribution < 1.29 is 91.1 Å². The van der Waals surface area contributed by atoms with E-state index in [2.05, 4.69) is 63.8 Å². The number of hydrogen-bond donors (Lipinski definition) is 13. The number of unbranched alkanes of at least 4 members (excludes halogenated alkanes) is 2. The summed E-state index contributed by atoms with van der Waals surface area (Å²) in [5, 5.41) is 42.7. The topological polar surface area (TPSA) is 425 Å². The van der Waals surface area contributed by atoms with E-state index in [1.165, 1.54) is 54.6 Å². The number of phenols is 1. The Morgan fingerprint density at radius 3 is 0.687 bits per heavy atom. The minimum Gasteiger partial charge on any atom is -0.508 e. The highest BCUT2D eigenvalue weighted by Gasteiger charge is 2.22. The molecule has 0 heterocycles. The van der Waals surface area contributed by atoms with Crippen molar-refractivity contribution in [1.29, 1.82) is 0 Å². The van der Waals surface area contributed by atoms with E-state index in [-0.39, 0.29) is 129 Å². The Bertz CT molecular complexity index is 2880. The molecule has 31 nitrogen and oxygen atoms in total. The summed E-state index contributed by atoms with van der Waals surface area (Å²) in [6.45, 7) is 22.2. The maximum atomic E-state index is 13.3. The number of ether oxygens (including phenoxy) is 6. The van der Waals surface area contributed by atoms with Crippen molar-refractivity contribution in [3.8, 4) is 17.2 Å². The summed E-state index contributed by atoms with van der Waals surface area (Å²) in [4.78, 5) is 153. The van der Waals surface area contributed by atoms with Crippen molar-refractivity contribution in [2.45, 2.75) is 157 Å². The first-order chi connectivity index (χ1) is 46.4. The largest absolute Gasteiger partial charge is 0.508 e. The van der Waals surface area contributed by atoms with Crippen molar-refractivity contribution in [3.63, 3.8) is 0 Å². The Morgan fingerprint density at radius 1 is 0.273 bits per heavy atom. The van der Waals surface area contributed by atoms with Gasteiger partial charge in [0.15, 0.2) is 13.2 Å². The van der Waals surface area contributed by atoms with Crippen LogP contribution in [0.4, 0.5) is 19.2 Å². The van der Waals surface area contributed by atoms with Crippen molar-refractivity contribution in [3.05, 3.63) is 88.0 Å². The lowest BCUT2D eigenvalue weighted by atomic mass is 10.1. The number of alkyl carbamates (subject to hydrolysis) is 4. The molecule has 0 aromatic heterocycles. The van der Waals surface area contributed by atoms with Crippen LogP contribution in [-0.2, 0) is 28.5 Å². The van der Waals surface area contributed by atoms with Crippen LogP contribution in [0.5, 0.6) is 17.2 Å². The van der Waals surface area contributed by atoms with Gasteiger partial charge >= 0.3 is 24.4 Å². The molecule has 99 heavy (non-hydrogen) atoms. The molecule has 0 saturated heterocycles. The first-order valence-corrected chi connectivity index (χ1v) is 32.9. The molecule has 3 aromatic rings. The Balaban J connectivity index is 1.45. The summed E-state index contributed by atoms with van der Waals surface area (Å²) in [6, 6.07) is 12.0. The third-order valence-corrected chi connectivity index (χ3v) is 12.7. The lowest BCUT2D eigenvalue weighted by Crippen LogP contribution is -2.35. The normalized spacial score (nSPS) is 11.2. The van der Waals surface area contributed by atoms with Gasteiger partial charge in [0.05, 0.1) is 0 Å². The van der Waals surface area contributed by atoms with Crippen molar-refractivity contribution in [2.75, 3.05) is 91.8 Å². The van der Waals surface area contributed by atoms with E-state index in [1.54, 1.807) is 83.1 Å². The summed E-state index contributed by atoms with van der Waals surface area (Å²) >= 11 is 0. The third kappa shape index (κ3) is 38.4. The van der Waals surface area contributed by atoms with Gasteiger partial charge in [-0.3, -0.25) is 38.4 Å². The zero-order chi connectivity index (χ0) is 73.8. The number of benzene rings is 3. The zero-order valence-electron chi connectivity index (χ0n) is 59.0. The number of aromatic hydroxyl groups is 1. The van der Waals surface area contributed by atoms with Gasteiger partial charge in [0.1, 0.15) is 39.7 Å². The first kappa shape index (κ1) is 83.1. The minimum absolute atomic E-state index is 0.0236. The second-order valence-electron chi connectivity index (χ2n) is 26.6. The van der Waals surface area contributed by atoms with Gasteiger partial charge in [0.25, 0.3) is 47.3 Å². The lowest BCUT2D eigenvalue weighted by molar-refractivity contribution is -0.123. The van der Waals surface area contributed by atoms with Crippen LogP contribution in [0, 0.1) is 0 Å². The molecule has 0 spiro atoms. The van der Waals surface area contributed by atoms with E-state index in [4.69, 9.17) is 28.4 Å². The van der Waals surface area contributed by atoms with Gasteiger partial charge < -0.3 is 97.3 Å². The highest BCUT2D eigenvalue weighted by Crippen LogP contribution is 2.21. The molecular formula is C68H102N12O19. The Hall–Kier alpha value is -10.1. The van der Waals surface area contributed by atoms with Gasteiger partial charge in [-0.15, -0.1) is 0 Å². The molecule has 0 bridgehead atoms. The molecule has 13 N–H and O–H groups in total. The second kappa shape index (κ2) is 41.9. The summed E-state index contributed by atoms with van der Waals surface area (Å²) in [7, 11) is 0. The van der Waals surface area contributed by atoms with Gasteiger partial charge in [0, 0.05) is 112 Å². The fourth-order valence-corrected chi connectivity index (χ4v) is 8.31. The summed E-state index contributed by atoms with van der Waals surface area (Å²) < 4.78 is 32.4. The van der Waals surface area contributed by atoms with E-state index >= 15 is 0 Å². The predicted octanol–water partition coefficient (Wildman–Crippen LogP) is 5.38. The Morgan fingerprint density at radius 2 is 0.465 bits per heavy atom. The maximum absolute atomic E-state index is 13.3. The molecule has 0 atom stereocenters. The van der Waals surface area contributed by atoms with Crippen molar-refractivity contribution in [2.24, 2.45) is 0 Å². The van der Waals surface area contributed by atoms with Crippen LogP contribution in [0.3, 0.4) is 0 Å². The van der Waals surface area contributed by atoms with E-state index in [0.29, 0.717) is 51.4 Å². The predicted molar refractivity (Wildman–Crippen MR) is 366 cm³/mol. The molecule has 3 aromatic carbocycles. The summed E-state index contributed by atoms with van der Waals surface area (Å²) in [5.74, 6) is -4.55. The molecule has 12 amide bonds. The molecule has 0 aliphatic carbocycles. The molecule has 0 saturated carbocycles. The third-order valence-electron chi connectivity index (χ3n) is 12.7. The highest BCUT2D eigenvalue weighted by atomic mass is 16.6. The monoisotopic (exact) mass is 1390 g/mol. The zero-order valence-corrected chi connectivity index (χ0v) is 59.0. The molecule has 0 radical (unpaired) electrons. The molecular weight excluding hydrogens is 1290 g/mol. The van der Waals surface area contributed by atoms with Crippen LogP contribution in [0.15, 0.2) is 54.6 Å². The molecule has 31 heteroatoms. The molecule has 0 fully saturated rings. The van der Waals surface area contributed by atoms with Gasteiger partial charge in [-0.05, 0) is 189 Å². The first-order valence-electron chi connectivity index (χ1n) is 32.9. The summed E-state index contributed by atoms with van der Waals surface area (Å²) in [5.41, 5.74) is -2.41. The molecule has 0 unspecified atom stereocenters. The number of carbonyl (C=O) groups excluding carboxylic acids is 12. The smallest absolute Gasteiger partial charge is 0.407 e. The Kier molecular flexibility index (Phi) is 35.2. The van der Waals surface area contributed by atoms with E-state index in [0.717, 1.165) is 0 Å². The van der Waals surface area contributed by atoms with Gasteiger partial charge in [-0.25, -0.2) is 19.2 Å². The number of rotatable bonds is 38. The number of amides is 12. The SMILES string of the molecule is CC(C)(C)OC(=O)NCCCNC(=O)c1cc(OCC(=O)NCCCCNC(=O)c2cc(O)cc(C(=O)NCCCCNC(=O)COc3cc(C(=O)NCCCNC(=O)OC(C)(C)C)cc(C(=O)NCCCNC(=O)OC(C)(C)C)c3)c2)cc(C(=O)NCCCNC(=O)OC(C)(C)C)c1. The number of carbonyl (C=O) groups is 12. The van der Waals surface area contributed by atoms with Gasteiger partial charge in [-0.2, -0.15) is 0 Å². The average Bonchev–Trinajstić information content (AvgIpc) is 0.915. The van der Waals surface area contributed by atoms with E-state index in [9.17, 15) is 62.6 Å². The van der Waals surface area contributed by atoms with Crippen molar-refractivity contribution >= 4 is 71.6 Å². The minimum atomic E-state index is -0.679. The molecule has 3 rings (SSSR count). The van der Waals surface area contributed by atoms with E-state index in [1.807, 2.05) is 0 Å². The van der Waals surface area contributed by atoms with Gasteiger partial charge in [-0.1, -0.05) is 0 Å². The number of nitrogens with one attached hydrogen (secondary N) is 12. The van der Waals surface area contributed by atoms with Crippen LogP contribution in [0.2, 0.25) is 0 Å². The standard InChI is InChI=1S/C68H102N12O19/c1-65(2,3)96-61(90)77-29-17-25-73-57(86)46-34-47(58(87)74-26-18-30-78-62(91)97-66(4,5)6)39-51(38-46)94-42-53(82)69-21-13-15-23-71-55(84)44-33-45(37-50(81)36-44)56(85)72-24-16-14-22-70-54(83)43-95-52-40-48(59(88)75-27-19-31-79-63(92)98-67(7,8)9)35-49(41-52)60(89)76-28-20-32-80-64(93)99-68(10,11)12/h33-41,81H,13-32,42-43H2,1-12H3,(H,69,82)(H,70,83)(H,71,84)(H,72,85)(H,73,86)(H,74,87)(H,75,88)(H,76,89)(H,77,90)(H,78,91)(H,79,92)(H,80,93). The fourth-order valence-electron chi connectivity index (χ4n) is 8.31. The molecule has 548 valence electrons. The van der Waals surface area contributed by atoms with Crippen LogP contribution in [0.1, 0.15) is 197 Å². The second-order valence-corrected chi connectivity index (χ2v) is 26.6. The Labute approximate surface area is 578 Å². The van der Waals surface area contributed by atoms with Crippen LogP contribution in [0.25, 0.3) is 0 Å². The average molecular weight is 1390 g/mol. The van der Waals surface area contributed by atoms with Crippen molar-refractivity contribution in [1.82, 2.24) is 63.8 Å². The van der Waals surface area contributed by atoms with E-state index < -0.39 is 107 Å². The fraction of sp³-hybridized carbons (Fsp3) is 0.559. The quantitative estimate of drug-likeness (QED) is 0.0253. The maximum Gasteiger partial charge on any atom is 0.407 e. The number of hydrogen-bond acceptors (Lipinski definition) is 19. The van der Waals surface area contributed by atoms with Gasteiger partial charge in [0.2, 0.25) is 0 Å². The lowest BCUT2D eigenvalue weighted by Gasteiger charge is -2.19. The van der Waals surface area contributed by atoms with Crippen LogP contribution < -0.4 is 73.3 Å². The number of phenolic OH excluding ortho intramolecular Hbond substituents is 1. The highest BCUT2D eigenvalue weighted by molar-refractivity contribution is 6.02.